The summed E-state index contributed by atoms with van der Waals surface area (Å²) >= 11 is 12.3. The second kappa shape index (κ2) is 8.28. The number of nitrogens with zero attached hydrogens (tertiary/aromatic N) is 6. The van der Waals surface area contributed by atoms with Gasteiger partial charge in [0.05, 0.1) is 23.9 Å². The number of halogens is 2. The van der Waals surface area contributed by atoms with Gasteiger partial charge in [-0.05, 0) is 42.0 Å². The largest absolute Gasteiger partial charge is 0.337 e. The molecule has 3 aromatic rings. The van der Waals surface area contributed by atoms with Crippen LogP contribution in [0.3, 0.4) is 0 Å². The summed E-state index contributed by atoms with van der Waals surface area (Å²) in [5.41, 5.74) is 0.427. The van der Waals surface area contributed by atoms with E-state index in [1.807, 2.05) is 17.0 Å². The van der Waals surface area contributed by atoms with E-state index >= 15 is 0 Å². The number of rotatable bonds is 3. The minimum Gasteiger partial charge on any atom is -0.337 e. The lowest BCUT2D eigenvalue weighted by molar-refractivity contribution is -0.124. The molecule has 170 valence electrons. The lowest BCUT2D eigenvalue weighted by Crippen LogP contribution is -2.53. The van der Waals surface area contributed by atoms with Gasteiger partial charge in [-0.15, -0.1) is 0 Å². The molecule has 2 saturated heterocycles. The summed E-state index contributed by atoms with van der Waals surface area (Å²) in [7, 11) is 1.62. The molecule has 0 saturated carbocycles. The predicted molar refractivity (Wildman–Crippen MR) is 128 cm³/mol. The number of amides is 3. The summed E-state index contributed by atoms with van der Waals surface area (Å²) in [4.78, 5) is 40.8. The molecule has 0 bridgehead atoms. The fraction of sp³-hybridized carbons (Fsp3) is 0.208. The maximum Gasteiger partial charge on any atom is 0.332 e. The maximum absolute atomic E-state index is 14.1. The highest BCUT2D eigenvalue weighted by Crippen LogP contribution is 2.47. The van der Waals surface area contributed by atoms with Crippen LogP contribution in [0.4, 0.5) is 16.4 Å². The number of urea groups is 1. The molecule has 3 amide bonds. The SMILES string of the molecule is CN1C(=O)N(c2cc(Cl)cc(Cl)c2)C(=O)[C@]12CN(c1ncccn1)C[C@H]2c1ccc(C#N)cc1. The van der Waals surface area contributed by atoms with Crippen molar-refractivity contribution in [2.24, 2.45) is 0 Å². The molecule has 1 aromatic heterocycles. The predicted octanol–water partition coefficient (Wildman–Crippen LogP) is 4.10. The maximum atomic E-state index is 14.1. The van der Waals surface area contributed by atoms with Crippen LogP contribution in [-0.2, 0) is 4.79 Å². The fourth-order valence-corrected chi connectivity index (χ4v) is 5.33. The number of imide groups is 1. The second-order valence-electron chi connectivity index (χ2n) is 8.25. The number of carbonyl (C=O) groups is 2. The molecule has 3 heterocycles. The van der Waals surface area contributed by atoms with Gasteiger partial charge in [-0.3, -0.25) is 4.79 Å². The van der Waals surface area contributed by atoms with E-state index in [9.17, 15) is 14.9 Å². The third-order valence-electron chi connectivity index (χ3n) is 6.44. The first-order valence-corrected chi connectivity index (χ1v) is 11.2. The van der Waals surface area contributed by atoms with Crippen LogP contribution >= 0.6 is 23.2 Å². The van der Waals surface area contributed by atoms with Crippen LogP contribution in [0.5, 0.6) is 0 Å². The molecular formula is C24H18Cl2N6O2. The van der Waals surface area contributed by atoms with E-state index in [4.69, 9.17) is 23.2 Å². The Hall–Kier alpha value is -3.67. The normalized spacial score (nSPS) is 22.1. The number of anilines is 2. The molecule has 1 spiro atoms. The fourth-order valence-electron chi connectivity index (χ4n) is 4.81. The van der Waals surface area contributed by atoms with Crippen molar-refractivity contribution >= 4 is 46.8 Å². The van der Waals surface area contributed by atoms with Gasteiger partial charge >= 0.3 is 6.03 Å². The lowest BCUT2D eigenvalue weighted by Gasteiger charge is -2.33. The number of likely N-dealkylation sites (N-methyl/N-ethyl adjacent to an activating group) is 1. The van der Waals surface area contributed by atoms with E-state index in [1.165, 1.54) is 4.90 Å². The zero-order chi connectivity index (χ0) is 24.0. The third-order valence-corrected chi connectivity index (χ3v) is 6.88. The molecule has 5 rings (SSSR count). The first kappa shape index (κ1) is 22.1. The first-order valence-electron chi connectivity index (χ1n) is 10.5. The smallest absolute Gasteiger partial charge is 0.332 e. The number of aromatic nitrogens is 2. The van der Waals surface area contributed by atoms with E-state index in [0.29, 0.717) is 33.8 Å². The highest BCUT2D eigenvalue weighted by molar-refractivity contribution is 6.35. The minimum atomic E-state index is -1.22. The molecule has 0 N–H and O–H groups in total. The van der Waals surface area contributed by atoms with Crippen molar-refractivity contribution in [2.45, 2.75) is 11.5 Å². The summed E-state index contributed by atoms with van der Waals surface area (Å²) in [6, 6.07) is 15.0. The Balaban J connectivity index is 1.64. The first-order chi connectivity index (χ1) is 16.3. The van der Waals surface area contributed by atoms with Crippen molar-refractivity contribution in [1.29, 1.82) is 5.26 Å². The van der Waals surface area contributed by atoms with Crippen molar-refractivity contribution in [1.82, 2.24) is 14.9 Å². The van der Waals surface area contributed by atoms with Crippen LogP contribution < -0.4 is 9.80 Å². The Bertz CT molecular complexity index is 1310. The Labute approximate surface area is 205 Å². The van der Waals surface area contributed by atoms with Gasteiger partial charge in [-0.1, -0.05) is 35.3 Å². The number of hydrogen-bond donors (Lipinski definition) is 0. The number of carbonyl (C=O) groups excluding carboxylic acids is 2. The van der Waals surface area contributed by atoms with E-state index in [2.05, 4.69) is 16.0 Å². The minimum absolute atomic E-state index is 0.202. The van der Waals surface area contributed by atoms with Gasteiger partial charge in [-0.25, -0.2) is 19.7 Å². The molecule has 2 aliphatic rings. The highest BCUT2D eigenvalue weighted by Gasteiger charge is 2.64. The Morgan fingerprint density at radius 2 is 1.71 bits per heavy atom. The quantitative estimate of drug-likeness (QED) is 0.511. The second-order valence-corrected chi connectivity index (χ2v) is 9.12. The van der Waals surface area contributed by atoms with E-state index < -0.39 is 17.5 Å². The Kier molecular flexibility index (Phi) is 5.39. The van der Waals surface area contributed by atoms with E-state index in [0.717, 1.165) is 10.5 Å². The van der Waals surface area contributed by atoms with Gasteiger partial charge in [0.15, 0.2) is 0 Å². The summed E-state index contributed by atoms with van der Waals surface area (Å²) in [5.74, 6) is -0.313. The number of nitriles is 1. The van der Waals surface area contributed by atoms with Crippen LogP contribution in [0, 0.1) is 11.3 Å². The molecular weight excluding hydrogens is 475 g/mol. The average molecular weight is 493 g/mol. The molecule has 8 nitrogen and oxygen atoms in total. The standard InChI is InChI=1S/C24H18Cl2N6O2/c1-30-23(34)32(19-10-17(25)9-18(26)11-19)21(33)24(30)14-31(22-28-7-2-8-29-22)13-20(24)16-5-3-15(12-27)4-6-16/h2-11,20H,13-14H2,1H3/t20-,24+/m0/s1. The van der Waals surface area contributed by atoms with Crippen molar-refractivity contribution in [3.05, 3.63) is 82.1 Å². The number of hydrogen-bond acceptors (Lipinski definition) is 6. The van der Waals surface area contributed by atoms with Crippen molar-refractivity contribution in [3.63, 3.8) is 0 Å². The highest BCUT2D eigenvalue weighted by atomic mass is 35.5. The van der Waals surface area contributed by atoms with Gasteiger partial charge in [0.25, 0.3) is 5.91 Å². The molecule has 0 unspecified atom stereocenters. The molecule has 2 aromatic carbocycles. The molecule has 10 heteroatoms. The topological polar surface area (TPSA) is 93.4 Å². The van der Waals surface area contributed by atoms with Gasteiger partial charge in [0.2, 0.25) is 5.95 Å². The number of benzene rings is 2. The molecule has 2 fully saturated rings. The van der Waals surface area contributed by atoms with Crippen LogP contribution in [0.25, 0.3) is 0 Å². The monoisotopic (exact) mass is 492 g/mol. The Morgan fingerprint density at radius 3 is 2.32 bits per heavy atom. The van der Waals surface area contributed by atoms with E-state index in [1.54, 1.807) is 55.8 Å². The summed E-state index contributed by atoms with van der Waals surface area (Å²) in [6.07, 6.45) is 3.27. The molecule has 0 radical (unpaired) electrons. The van der Waals surface area contributed by atoms with Crippen LogP contribution in [0.1, 0.15) is 17.0 Å². The van der Waals surface area contributed by atoms with Crippen LogP contribution in [0.15, 0.2) is 60.9 Å². The molecule has 2 atom stereocenters. The van der Waals surface area contributed by atoms with Crippen molar-refractivity contribution in [2.75, 3.05) is 29.9 Å². The van der Waals surface area contributed by atoms with Gasteiger partial charge in [0.1, 0.15) is 5.54 Å². The zero-order valence-electron chi connectivity index (χ0n) is 18.0. The van der Waals surface area contributed by atoms with Gasteiger partial charge < -0.3 is 9.80 Å². The molecule has 0 aliphatic carbocycles. The summed E-state index contributed by atoms with van der Waals surface area (Å²) < 4.78 is 0. The third kappa shape index (κ3) is 3.36. The molecule has 2 aliphatic heterocycles. The van der Waals surface area contributed by atoms with Gasteiger partial charge in [0, 0.05) is 41.9 Å². The summed E-state index contributed by atoms with van der Waals surface area (Å²) in [6.45, 7) is 0.608. The van der Waals surface area contributed by atoms with Gasteiger partial charge in [-0.2, -0.15) is 5.26 Å². The van der Waals surface area contributed by atoms with Crippen molar-refractivity contribution < 1.29 is 9.59 Å². The average Bonchev–Trinajstić information content (AvgIpc) is 3.32. The van der Waals surface area contributed by atoms with Crippen molar-refractivity contribution in [3.8, 4) is 6.07 Å². The van der Waals surface area contributed by atoms with Crippen LogP contribution in [0.2, 0.25) is 10.0 Å². The lowest BCUT2D eigenvalue weighted by atomic mass is 9.80. The zero-order valence-corrected chi connectivity index (χ0v) is 19.5. The summed E-state index contributed by atoms with van der Waals surface area (Å²) in [5, 5.41) is 9.84. The molecule has 34 heavy (non-hydrogen) atoms. The van der Waals surface area contributed by atoms with E-state index in [-0.39, 0.29) is 12.5 Å². The Morgan fingerprint density at radius 1 is 1.06 bits per heavy atom. The van der Waals surface area contributed by atoms with Crippen LogP contribution in [-0.4, -0.2) is 52.5 Å².